The third kappa shape index (κ3) is 2.05. The SMILES string of the molecule is CC[Si](C=C1C2CCC(C2)C1(C)C)(CC)CC. The molecule has 0 N–H and O–H groups in total. The molecule has 2 saturated carbocycles. The van der Waals surface area contributed by atoms with E-state index in [-0.39, 0.29) is 0 Å². The van der Waals surface area contributed by atoms with Crippen molar-refractivity contribution in [3.63, 3.8) is 0 Å². The summed E-state index contributed by atoms with van der Waals surface area (Å²) in [5.74, 6) is 1.96. The van der Waals surface area contributed by atoms with E-state index in [9.17, 15) is 0 Å². The van der Waals surface area contributed by atoms with Crippen LogP contribution in [0.15, 0.2) is 11.3 Å². The Morgan fingerprint density at radius 1 is 1.12 bits per heavy atom. The molecule has 2 rings (SSSR count). The lowest BCUT2D eigenvalue weighted by Gasteiger charge is -2.36. The van der Waals surface area contributed by atoms with Crippen molar-refractivity contribution >= 4 is 8.07 Å². The summed E-state index contributed by atoms with van der Waals surface area (Å²) in [6.45, 7) is 12.3. The van der Waals surface area contributed by atoms with Gasteiger partial charge in [0.15, 0.2) is 0 Å². The van der Waals surface area contributed by atoms with Crippen LogP contribution < -0.4 is 0 Å². The molecule has 17 heavy (non-hydrogen) atoms. The van der Waals surface area contributed by atoms with Crippen molar-refractivity contribution in [2.45, 2.75) is 72.0 Å². The Balaban J connectivity index is 2.32. The second kappa shape index (κ2) is 4.57. The molecule has 0 spiro atoms. The molecule has 0 nitrogen and oxygen atoms in total. The quantitative estimate of drug-likeness (QED) is 0.585. The minimum atomic E-state index is -1.07. The van der Waals surface area contributed by atoms with Crippen molar-refractivity contribution in [3.8, 4) is 0 Å². The van der Waals surface area contributed by atoms with E-state index >= 15 is 0 Å². The zero-order valence-electron chi connectivity index (χ0n) is 12.5. The zero-order valence-corrected chi connectivity index (χ0v) is 13.5. The van der Waals surface area contributed by atoms with Crippen LogP contribution in [0.3, 0.4) is 0 Å². The first-order valence-electron chi connectivity index (χ1n) is 7.72. The van der Waals surface area contributed by atoms with Crippen LogP contribution >= 0.6 is 0 Å². The minimum Gasteiger partial charge on any atom is -0.0942 e. The molecule has 2 bridgehead atoms. The molecule has 1 heteroatoms. The van der Waals surface area contributed by atoms with Crippen LogP contribution in [0.25, 0.3) is 0 Å². The molecule has 0 aromatic rings. The van der Waals surface area contributed by atoms with Gasteiger partial charge in [-0.3, -0.25) is 0 Å². The highest BCUT2D eigenvalue weighted by atomic mass is 28.3. The molecule has 2 aliphatic carbocycles. The normalized spacial score (nSPS) is 33.6. The van der Waals surface area contributed by atoms with E-state index < -0.39 is 8.07 Å². The van der Waals surface area contributed by atoms with E-state index in [1.807, 2.05) is 5.57 Å². The summed E-state index contributed by atoms with van der Waals surface area (Å²) in [5, 5.41) is 0. The second-order valence-corrected chi connectivity index (χ2v) is 12.1. The largest absolute Gasteiger partial charge is 0.0942 e. The van der Waals surface area contributed by atoms with Gasteiger partial charge >= 0.3 is 0 Å². The van der Waals surface area contributed by atoms with Gasteiger partial charge in [-0.2, -0.15) is 0 Å². The number of hydrogen-bond donors (Lipinski definition) is 0. The Morgan fingerprint density at radius 3 is 2.12 bits per heavy atom. The number of rotatable bonds is 4. The van der Waals surface area contributed by atoms with Gasteiger partial charge in [-0.05, 0) is 36.5 Å². The number of fused-ring (bicyclic) bond motifs is 2. The lowest BCUT2D eigenvalue weighted by Crippen LogP contribution is -2.33. The van der Waals surface area contributed by atoms with Crippen molar-refractivity contribution in [1.82, 2.24) is 0 Å². The van der Waals surface area contributed by atoms with E-state index in [2.05, 4.69) is 40.3 Å². The van der Waals surface area contributed by atoms with Crippen LogP contribution in [0.1, 0.15) is 53.9 Å². The van der Waals surface area contributed by atoms with Crippen LogP contribution in [0.5, 0.6) is 0 Å². The number of allylic oxidation sites excluding steroid dienone is 1. The second-order valence-electron chi connectivity index (χ2n) is 6.95. The molecule has 0 amide bonds. The summed E-state index contributed by atoms with van der Waals surface area (Å²) in [5.41, 5.74) is 5.27. The fourth-order valence-corrected chi connectivity index (χ4v) is 7.75. The van der Waals surface area contributed by atoms with Crippen LogP contribution in [-0.2, 0) is 0 Å². The number of hydrogen-bond acceptors (Lipinski definition) is 0. The predicted molar refractivity (Wildman–Crippen MR) is 79.9 cm³/mol. The summed E-state index contributed by atoms with van der Waals surface area (Å²) >= 11 is 0. The first kappa shape index (κ1) is 13.4. The van der Waals surface area contributed by atoms with Crippen molar-refractivity contribution in [2.75, 3.05) is 0 Å². The first-order chi connectivity index (χ1) is 7.99. The van der Waals surface area contributed by atoms with Gasteiger partial charge < -0.3 is 0 Å². The molecule has 0 aromatic heterocycles. The summed E-state index contributed by atoms with van der Waals surface area (Å²) in [7, 11) is -1.07. The molecule has 0 saturated heterocycles. The van der Waals surface area contributed by atoms with Gasteiger partial charge in [0.2, 0.25) is 0 Å². The molecule has 0 aliphatic heterocycles. The van der Waals surface area contributed by atoms with Gasteiger partial charge in [0, 0.05) is 0 Å². The standard InChI is InChI=1S/C16H30Si/c1-6-17(7-2,8-3)12-15-13-9-10-14(11-13)16(15,4)5/h12-14H,6-11H2,1-5H3. The maximum atomic E-state index is 2.86. The molecular weight excluding hydrogens is 220 g/mol. The summed E-state index contributed by atoms with van der Waals surface area (Å²) in [6.07, 6.45) is 4.48. The Labute approximate surface area is 109 Å². The maximum absolute atomic E-state index is 2.86. The van der Waals surface area contributed by atoms with Crippen LogP contribution in [-0.4, -0.2) is 8.07 Å². The Kier molecular flexibility index (Phi) is 3.60. The minimum absolute atomic E-state index is 0.528. The van der Waals surface area contributed by atoms with Gasteiger partial charge in [-0.25, -0.2) is 0 Å². The van der Waals surface area contributed by atoms with E-state index in [4.69, 9.17) is 0 Å². The molecule has 0 aromatic carbocycles. The van der Waals surface area contributed by atoms with Crippen LogP contribution in [0, 0.1) is 17.3 Å². The van der Waals surface area contributed by atoms with E-state index in [1.165, 1.54) is 37.4 Å². The Hall–Kier alpha value is -0.0431. The first-order valence-corrected chi connectivity index (χ1v) is 10.4. The van der Waals surface area contributed by atoms with Gasteiger partial charge in [0.05, 0.1) is 8.07 Å². The van der Waals surface area contributed by atoms with Crippen molar-refractivity contribution in [1.29, 1.82) is 0 Å². The highest BCUT2D eigenvalue weighted by molar-refractivity contribution is 6.84. The zero-order chi connectivity index (χ0) is 12.7. The third-order valence-electron chi connectivity index (χ3n) is 6.21. The summed E-state index contributed by atoms with van der Waals surface area (Å²) in [6, 6.07) is 4.32. The molecule has 2 atom stereocenters. The van der Waals surface area contributed by atoms with E-state index in [1.54, 1.807) is 0 Å². The lowest BCUT2D eigenvalue weighted by atomic mass is 9.73. The topological polar surface area (TPSA) is 0 Å². The Bertz CT molecular complexity index is 301. The molecule has 0 radical (unpaired) electrons. The fraction of sp³-hybridized carbons (Fsp3) is 0.875. The molecule has 2 fully saturated rings. The predicted octanol–water partition coefficient (Wildman–Crippen LogP) is 5.42. The molecule has 0 heterocycles. The van der Waals surface area contributed by atoms with Crippen molar-refractivity contribution in [2.24, 2.45) is 17.3 Å². The van der Waals surface area contributed by atoms with Crippen molar-refractivity contribution in [3.05, 3.63) is 11.3 Å². The lowest BCUT2D eigenvalue weighted by molar-refractivity contribution is 0.288. The molecule has 2 unspecified atom stereocenters. The average molecular weight is 251 g/mol. The van der Waals surface area contributed by atoms with Crippen LogP contribution in [0.4, 0.5) is 0 Å². The van der Waals surface area contributed by atoms with E-state index in [0.29, 0.717) is 5.41 Å². The summed E-state index contributed by atoms with van der Waals surface area (Å²) in [4.78, 5) is 0. The van der Waals surface area contributed by atoms with Gasteiger partial charge in [0.25, 0.3) is 0 Å². The fourth-order valence-electron chi connectivity index (χ4n) is 4.37. The maximum Gasteiger partial charge on any atom is 0.0770 e. The molecular formula is C16H30Si. The monoisotopic (exact) mass is 250 g/mol. The highest BCUT2D eigenvalue weighted by Crippen LogP contribution is 2.59. The van der Waals surface area contributed by atoms with Crippen LogP contribution in [0.2, 0.25) is 18.1 Å². The van der Waals surface area contributed by atoms with Gasteiger partial charge in [0.1, 0.15) is 0 Å². The Morgan fingerprint density at radius 2 is 1.71 bits per heavy atom. The molecule has 2 aliphatic rings. The average Bonchev–Trinajstić information content (AvgIpc) is 2.88. The van der Waals surface area contributed by atoms with Crippen molar-refractivity contribution < 1.29 is 0 Å². The smallest absolute Gasteiger partial charge is 0.0770 e. The van der Waals surface area contributed by atoms with Gasteiger partial charge in [-0.15, -0.1) is 0 Å². The molecule has 98 valence electrons. The third-order valence-corrected chi connectivity index (χ3v) is 11.4. The van der Waals surface area contributed by atoms with E-state index in [0.717, 1.165) is 11.8 Å². The van der Waals surface area contributed by atoms with Gasteiger partial charge in [-0.1, -0.05) is 64.0 Å². The highest BCUT2D eigenvalue weighted by Gasteiger charge is 2.49. The summed E-state index contributed by atoms with van der Waals surface area (Å²) < 4.78 is 0.